The van der Waals surface area contributed by atoms with Crippen LogP contribution in [0.4, 0.5) is 34.1 Å². The molecule has 0 atom stereocenters. The van der Waals surface area contributed by atoms with E-state index in [1.807, 2.05) is 35.6 Å². The molecule has 18 aromatic carbocycles. The van der Waals surface area contributed by atoms with Crippen LogP contribution in [0.5, 0.6) is 0 Å². The normalized spacial score (nSPS) is 13.3. The van der Waals surface area contributed by atoms with Crippen molar-refractivity contribution in [2.75, 3.05) is 16.0 Å². The number of thiophene rings is 1. The van der Waals surface area contributed by atoms with Crippen LogP contribution >= 0.6 is 11.3 Å². The predicted octanol–water partition coefficient (Wildman–Crippen LogP) is 33.4. The smallest absolute Gasteiger partial charge is 0.136 e. The number of anilines is 6. The Bertz CT molecular complexity index is 7650. The Kier molecular flexibility index (Phi) is 18.1. The van der Waals surface area contributed by atoms with Crippen molar-refractivity contribution in [3.05, 3.63) is 434 Å². The first-order valence-corrected chi connectivity index (χ1v) is 43.4. The molecule has 0 saturated heterocycles. The fourth-order valence-corrected chi connectivity index (χ4v) is 21.1. The second-order valence-electron chi connectivity index (χ2n) is 34.3. The number of nitrogens with one attached hydrogen (secondary N) is 3. The lowest BCUT2D eigenvalue weighted by Crippen LogP contribution is -2.15. The largest absolute Gasteiger partial charge is 0.456 e. The molecule has 588 valence electrons. The summed E-state index contributed by atoms with van der Waals surface area (Å²) in [4.78, 5) is 0. The average Bonchev–Trinajstić information content (AvgIpc) is 1.60. The lowest BCUT2D eigenvalue weighted by Gasteiger charge is -2.23. The van der Waals surface area contributed by atoms with Gasteiger partial charge >= 0.3 is 0 Å². The van der Waals surface area contributed by atoms with Gasteiger partial charge in [-0.2, -0.15) is 0 Å². The third-order valence-corrected chi connectivity index (χ3v) is 27.2. The van der Waals surface area contributed by atoms with Crippen LogP contribution in [-0.2, 0) is 16.2 Å². The molecule has 3 aliphatic rings. The summed E-state index contributed by atoms with van der Waals surface area (Å²) in [7, 11) is 0. The number of benzene rings is 18. The second kappa shape index (κ2) is 29.9. The van der Waals surface area contributed by atoms with Crippen molar-refractivity contribution in [1.29, 1.82) is 0 Å². The molecule has 123 heavy (non-hydrogen) atoms. The van der Waals surface area contributed by atoms with Crippen LogP contribution in [0.3, 0.4) is 0 Å². The van der Waals surface area contributed by atoms with Crippen LogP contribution in [0.1, 0.15) is 74.9 Å². The van der Waals surface area contributed by atoms with E-state index < -0.39 is 0 Å². The van der Waals surface area contributed by atoms with Gasteiger partial charge in [-0.3, -0.25) is 0 Å². The highest BCUT2D eigenvalue weighted by Crippen LogP contribution is 2.55. The van der Waals surface area contributed by atoms with Crippen molar-refractivity contribution in [1.82, 2.24) is 0 Å². The second-order valence-corrected chi connectivity index (χ2v) is 35.4. The van der Waals surface area contributed by atoms with Crippen LogP contribution in [-0.4, -0.2) is 0 Å². The molecule has 0 aliphatic heterocycles. The van der Waals surface area contributed by atoms with Gasteiger partial charge in [0.2, 0.25) is 0 Å². The van der Waals surface area contributed by atoms with Gasteiger partial charge in [-0.15, -0.1) is 11.3 Å². The number of furan rings is 2. The SMILES string of the molecule is CC1(C)c2ccccc2-c2ccc(Nc3cc(-c4ccccc4)ccc3-c3cccc4sc5ccccc5c34)cc21.CC1(C)c2ccccc2-c2ccc(Nc3ccc(-c4ccccc4)cc3-c3cccc4oc5ccccc5c34)cc21.CC1(C)c2ccccc2-c2ccc(Nc3cccc(-c4ccccc4)c3-c3cccc4oc5ccccc5c34)cc21. The van der Waals surface area contributed by atoms with Crippen molar-refractivity contribution in [2.24, 2.45) is 0 Å². The molecule has 3 aliphatic carbocycles. The van der Waals surface area contributed by atoms with Crippen LogP contribution in [0, 0.1) is 0 Å². The summed E-state index contributed by atoms with van der Waals surface area (Å²) in [5, 5.41) is 18.7. The topological polar surface area (TPSA) is 62.4 Å². The van der Waals surface area contributed by atoms with Crippen LogP contribution in [0.25, 0.3) is 164 Å². The first kappa shape index (κ1) is 74.5. The monoisotopic (exact) mass is 1600 g/mol. The van der Waals surface area contributed by atoms with Gasteiger partial charge in [0.15, 0.2) is 0 Å². The molecule has 21 aromatic rings. The Labute approximate surface area is 720 Å². The highest BCUT2D eigenvalue weighted by atomic mass is 32.1. The lowest BCUT2D eigenvalue weighted by atomic mass is 9.82. The standard InChI is InChI=1S/2C39H29NO.C39H29NS/c1-39(2)32-18-8-6-14-28(32)29-23-22-26(24-33(29)39)40-34-19-10-16-27(25-12-4-3-5-13-25)37(34)31-17-11-21-36-38(31)30-15-7-9-20-35(30)41-36;1-39(2)33-16-8-6-13-28(33)29-21-20-27(24-34(29)39)40-35-22-19-26(25-11-4-3-5-12-25)23-32(35)30-15-10-18-37-38(30)31-14-7-9-17-36(31)41-37;1-39(2)33-16-8-6-13-28(33)29-22-20-27(24-34(29)39)40-35-23-26(25-11-4-3-5-12-25)19-21-30(35)31-15-10-18-37-38(31)32-14-7-9-17-36(32)41-37/h3*3-24,40H,1-2H3. The third-order valence-electron chi connectivity index (χ3n) is 26.0. The number of rotatable bonds is 12. The maximum absolute atomic E-state index is 6.30. The molecule has 0 amide bonds. The molecule has 3 aromatic heterocycles. The van der Waals surface area contributed by atoms with Gasteiger partial charge in [0.1, 0.15) is 22.3 Å². The summed E-state index contributed by atoms with van der Waals surface area (Å²) >= 11 is 1.87. The van der Waals surface area contributed by atoms with E-state index in [-0.39, 0.29) is 16.2 Å². The van der Waals surface area contributed by atoms with E-state index in [0.29, 0.717) is 0 Å². The molecule has 0 radical (unpaired) electrons. The van der Waals surface area contributed by atoms with Gasteiger partial charge in [0.05, 0.1) is 0 Å². The summed E-state index contributed by atoms with van der Waals surface area (Å²) in [5.41, 5.74) is 40.5. The molecule has 24 rings (SSSR count). The fraction of sp³-hybridized carbons (Fsp3) is 0.0769. The van der Waals surface area contributed by atoms with Gasteiger partial charge in [0.25, 0.3) is 0 Å². The van der Waals surface area contributed by atoms with Crippen molar-refractivity contribution >= 4 is 110 Å². The molecule has 3 N–H and O–H groups in total. The maximum atomic E-state index is 6.30. The zero-order valence-electron chi connectivity index (χ0n) is 69.3. The molecule has 3 heterocycles. The molecular formula is C117H87N3O2S. The van der Waals surface area contributed by atoms with Crippen LogP contribution in [0.15, 0.2) is 409 Å². The molecule has 0 saturated carbocycles. The molecular weight excluding hydrogens is 1510 g/mol. The highest BCUT2D eigenvalue weighted by molar-refractivity contribution is 7.26. The lowest BCUT2D eigenvalue weighted by molar-refractivity contribution is 0.660. The summed E-state index contributed by atoms with van der Waals surface area (Å²) in [5.74, 6) is 0. The van der Waals surface area contributed by atoms with E-state index in [1.54, 1.807) is 0 Å². The summed E-state index contributed by atoms with van der Waals surface area (Å²) in [6.45, 7) is 14.0. The molecule has 0 bridgehead atoms. The van der Waals surface area contributed by atoms with Crippen LogP contribution in [0.2, 0.25) is 0 Å². The van der Waals surface area contributed by atoms with E-state index in [1.165, 1.54) is 137 Å². The molecule has 0 unspecified atom stereocenters. The van der Waals surface area contributed by atoms with E-state index in [0.717, 1.165) is 94.7 Å². The van der Waals surface area contributed by atoms with E-state index in [9.17, 15) is 0 Å². The van der Waals surface area contributed by atoms with Gasteiger partial charge < -0.3 is 24.8 Å². The molecule has 6 heteroatoms. The van der Waals surface area contributed by atoms with Gasteiger partial charge in [0, 0.05) is 109 Å². The van der Waals surface area contributed by atoms with E-state index in [2.05, 4.69) is 434 Å². The first-order chi connectivity index (χ1) is 60.2. The minimum absolute atomic E-state index is 0.0421. The van der Waals surface area contributed by atoms with Gasteiger partial charge in [-0.25, -0.2) is 0 Å². The minimum atomic E-state index is -0.0559. The molecule has 0 fully saturated rings. The van der Waals surface area contributed by atoms with Gasteiger partial charge in [-0.05, 0) is 214 Å². The number of hydrogen-bond donors (Lipinski definition) is 3. The summed E-state index contributed by atoms with van der Waals surface area (Å²) in [6, 6.07) is 144. The summed E-state index contributed by atoms with van der Waals surface area (Å²) < 4.78 is 15.2. The Balaban J connectivity index is 0.000000110. The molecule has 0 spiro atoms. The average molecular weight is 1600 g/mol. The minimum Gasteiger partial charge on any atom is -0.456 e. The Morgan fingerprint density at radius 2 is 0.569 bits per heavy atom. The Hall–Kier alpha value is -14.8. The Morgan fingerprint density at radius 3 is 1.11 bits per heavy atom. The van der Waals surface area contributed by atoms with E-state index >= 15 is 0 Å². The zero-order chi connectivity index (χ0) is 82.7. The third kappa shape index (κ3) is 12.8. The maximum Gasteiger partial charge on any atom is 0.136 e. The van der Waals surface area contributed by atoms with Crippen molar-refractivity contribution in [3.63, 3.8) is 0 Å². The van der Waals surface area contributed by atoms with Crippen molar-refractivity contribution < 1.29 is 8.83 Å². The number of fused-ring (bicyclic) bond motifs is 18. The Morgan fingerprint density at radius 1 is 0.203 bits per heavy atom. The highest BCUT2D eigenvalue weighted by Gasteiger charge is 2.39. The van der Waals surface area contributed by atoms with Crippen LogP contribution < -0.4 is 16.0 Å². The zero-order valence-corrected chi connectivity index (χ0v) is 70.1. The van der Waals surface area contributed by atoms with Crippen molar-refractivity contribution in [2.45, 2.75) is 57.8 Å². The summed E-state index contributed by atoms with van der Waals surface area (Å²) in [6.07, 6.45) is 0. The van der Waals surface area contributed by atoms with E-state index in [4.69, 9.17) is 8.83 Å². The number of hydrogen-bond acceptors (Lipinski definition) is 6. The first-order valence-electron chi connectivity index (χ1n) is 42.6. The fourth-order valence-electron chi connectivity index (χ4n) is 20.0. The number of para-hydroxylation sites is 2. The molecule has 5 nitrogen and oxygen atoms in total. The quantitative estimate of drug-likeness (QED) is 0.114. The predicted molar refractivity (Wildman–Crippen MR) is 521 cm³/mol. The van der Waals surface area contributed by atoms with Crippen molar-refractivity contribution in [3.8, 4) is 100 Å². The van der Waals surface area contributed by atoms with Gasteiger partial charge in [-0.1, -0.05) is 345 Å².